The maximum absolute atomic E-state index is 11.9. The van der Waals surface area contributed by atoms with E-state index in [1.807, 2.05) is 24.3 Å². The predicted octanol–water partition coefficient (Wildman–Crippen LogP) is 2.12. The fraction of sp³-hybridized carbons (Fsp3) is 0.533. The van der Waals surface area contributed by atoms with E-state index in [0.717, 1.165) is 37.2 Å². The zero-order valence-corrected chi connectivity index (χ0v) is 12.7. The molecule has 20 heavy (non-hydrogen) atoms. The van der Waals surface area contributed by atoms with Gasteiger partial charge in [0.2, 0.25) is 5.91 Å². The van der Waals surface area contributed by atoms with E-state index in [1.54, 1.807) is 7.11 Å². The minimum Gasteiger partial charge on any atom is -0.496 e. The van der Waals surface area contributed by atoms with Crippen molar-refractivity contribution in [1.29, 1.82) is 0 Å². The average molecular weight is 299 g/mol. The lowest BCUT2D eigenvalue weighted by Crippen LogP contribution is -2.32. The van der Waals surface area contributed by atoms with Crippen LogP contribution in [0.15, 0.2) is 24.3 Å². The van der Waals surface area contributed by atoms with Crippen molar-refractivity contribution in [2.75, 3.05) is 20.2 Å². The van der Waals surface area contributed by atoms with Crippen LogP contribution in [0.25, 0.3) is 0 Å². The first kappa shape index (κ1) is 16.8. The third-order valence-electron chi connectivity index (χ3n) is 3.60. The van der Waals surface area contributed by atoms with Gasteiger partial charge in [0.05, 0.1) is 7.11 Å². The highest BCUT2D eigenvalue weighted by atomic mass is 35.5. The molecule has 0 radical (unpaired) electrons. The van der Waals surface area contributed by atoms with Gasteiger partial charge in [0.25, 0.3) is 0 Å². The maximum Gasteiger partial charge on any atom is 0.220 e. The zero-order valence-electron chi connectivity index (χ0n) is 11.9. The van der Waals surface area contributed by atoms with Crippen molar-refractivity contribution in [3.8, 4) is 5.75 Å². The van der Waals surface area contributed by atoms with Crippen molar-refractivity contribution in [3.63, 3.8) is 0 Å². The van der Waals surface area contributed by atoms with Gasteiger partial charge in [0.1, 0.15) is 5.75 Å². The summed E-state index contributed by atoms with van der Waals surface area (Å²) in [6.45, 7) is 2.60. The van der Waals surface area contributed by atoms with Crippen LogP contribution in [0.5, 0.6) is 5.75 Å². The number of hydrogen-bond donors (Lipinski definition) is 2. The number of methoxy groups -OCH3 is 1. The molecule has 1 aromatic carbocycles. The van der Waals surface area contributed by atoms with Crippen LogP contribution in [0, 0.1) is 5.92 Å². The molecule has 1 aliphatic rings. The minimum absolute atomic E-state index is 0. The van der Waals surface area contributed by atoms with E-state index in [9.17, 15) is 4.79 Å². The van der Waals surface area contributed by atoms with Gasteiger partial charge < -0.3 is 15.4 Å². The highest BCUT2D eigenvalue weighted by Gasteiger charge is 2.16. The minimum atomic E-state index is 0. The number of rotatable bonds is 5. The Hall–Kier alpha value is -1.26. The second-order valence-corrected chi connectivity index (χ2v) is 4.99. The molecule has 1 saturated heterocycles. The molecule has 2 rings (SSSR count). The first-order valence-electron chi connectivity index (χ1n) is 6.89. The van der Waals surface area contributed by atoms with E-state index in [4.69, 9.17) is 4.74 Å². The Labute approximate surface area is 126 Å². The summed E-state index contributed by atoms with van der Waals surface area (Å²) < 4.78 is 5.27. The van der Waals surface area contributed by atoms with E-state index in [0.29, 0.717) is 18.9 Å². The van der Waals surface area contributed by atoms with Gasteiger partial charge in [-0.15, -0.1) is 12.4 Å². The fourth-order valence-corrected chi connectivity index (χ4v) is 2.46. The van der Waals surface area contributed by atoms with Crippen molar-refractivity contribution >= 4 is 18.3 Å². The molecule has 0 unspecified atom stereocenters. The quantitative estimate of drug-likeness (QED) is 0.875. The van der Waals surface area contributed by atoms with Gasteiger partial charge in [0.15, 0.2) is 0 Å². The first-order valence-corrected chi connectivity index (χ1v) is 6.89. The zero-order chi connectivity index (χ0) is 13.5. The lowest BCUT2D eigenvalue weighted by Gasteiger charge is -2.22. The molecule has 1 fully saturated rings. The van der Waals surface area contributed by atoms with E-state index in [2.05, 4.69) is 10.6 Å². The first-order chi connectivity index (χ1) is 9.29. The van der Waals surface area contributed by atoms with Crippen LogP contribution >= 0.6 is 12.4 Å². The van der Waals surface area contributed by atoms with Crippen molar-refractivity contribution < 1.29 is 9.53 Å². The SMILES string of the molecule is COc1ccccc1CNC(=O)CC1CCNCC1.Cl. The molecule has 1 aliphatic heterocycles. The van der Waals surface area contributed by atoms with Crippen LogP contribution in [-0.2, 0) is 11.3 Å². The lowest BCUT2D eigenvalue weighted by molar-refractivity contribution is -0.122. The smallest absolute Gasteiger partial charge is 0.220 e. The van der Waals surface area contributed by atoms with Crippen LogP contribution in [0.3, 0.4) is 0 Å². The lowest BCUT2D eigenvalue weighted by atomic mass is 9.94. The number of para-hydroxylation sites is 1. The number of hydrogen-bond acceptors (Lipinski definition) is 3. The summed E-state index contributed by atoms with van der Waals surface area (Å²) in [6.07, 6.45) is 2.83. The second-order valence-electron chi connectivity index (χ2n) is 4.99. The van der Waals surface area contributed by atoms with Gasteiger partial charge in [-0.3, -0.25) is 4.79 Å². The number of carbonyl (C=O) groups excluding carboxylic acids is 1. The van der Waals surface area contributed by atoms with Crippen LogP contribution in [0.2, 0.25) is 0 Å². The average Bonchev–Trinajstić information content (AvgIpc) is 2.46. The molecule has 1 aromatic rings. The van der Waals surface area contributed by atoms with Crippen molar-refractivity contribution in [2.24, 2.45) is 5.92 Å². The largest absolute Gasteiger partial charge is 0.496 e. The number of benzene rings is 1. The summed E-state index contributed by atoms with van der Waals surface area (Å²) in [5.41, 5.74) is 1.02. The Kier molecular flexibility index (Phi) is 7.41. The fourth-order valence-electron chi connectivity index (χ4n) is 2.46. The molecule has 0 bridgehead atoms. The maximum atomic E-state index is 11.9. The summed E-state index contributed by atoms with van der Waals surface area (Å²) in [4.78, 5) is 11.9. The molecule has 4 nitrogen and oxygen atoms in total. The van der Waals surface area contributed by atoms with Gasteiger partial charge in [-0.1, -0.05) is 18.2 Å². The standard InChI is InChI=1S/C15H22N2O2.ClH/c1-19-14-5-3-2-4-13(14)11-17-15(18)10-12-6-8-16-9-7-12;/h2-5,12,16H,6-11H2,1H3,(H,17,18);1H. The number of ether oxygens (including phenoxy) is 1. The van der Waals surface area contributed by atoms with Crippen molar-refractivity contribution in [1.82, 2.24) is 10.6 Å². The van der Waals surface area contributed by atoms with E-state index < -0.39 is 0 Å². The normalized spacial score (nSPS) is 15.2. The molecule has 1 amide bonds. The molecule has 0 atom stereocenters. The Morgan fingerprint density at radius 2 is 2.05 bits per heavy atom. The molecule has 5 heteroatoms. The molecular weight excluding hydrogens is 276 g/mol. The van der Waals surface area contributed by atoms with Gasteiger partial charge >= 0.3 is 0 Å². The molecule has 0 spiro atoms. The highest BCUT2D eigenvalue weighted by Crippen LogP contribution is 2.18. The van der Waals surface area contributed by atoms with Crippen molar-refractivity contribution in [2.45, 2.75) is 25.8 Å². The molecule has 0 aliphatic carbocycles. The Morgan fingerprint density at radius 3 is 2.75 bits per heavy atom. The van der Waals surface area contributed by atoms with Gasteiger partial charge in [0, 0.05) is 18.5 Å². The van der Waals surface area contributed by atoms with Crippen molar-refractivity contribution in [3.05, 3.63) is 29.8 Å². The van der Waals surface area contributed by atoms with Gasteiger partial charge in [-0.05, 0) is 37.9 Å². The molecule has 0 saturated carbocycles. The number of nitrogens with one attached hydrogen (secondary N) is 2. The third-order valence-corrected chi connectivity index (χ3v) is 3.60. The summed E-state index contributed by atoms with van der Waals surface area (Å²) in [5, 5.41) is 6.29. The molecule has 112 valence electrons. The Bertz CT molecular complexity index is 420. The summed E-state index contributed by atoms with van der Waals surface area (Å²) in [5.74, 6) is 1.49. The third kappa shape index (κ3) is 5.02. The predicted molar refractivity (Wildman–Crippen MR) is 82.3 cm³/mol. The molecule has 1 heterocycles. The topological polar surface area (TPSA) is 50.4 Å². The summed E-state index contributed by atoms with van der Waals surface area (Å²) in [7, 11) is 1.65. The van der Waals surface area contributed by atoms with Gasteiger partial charge in [-0.25, -0.2) is 0 Å². The second kappa shape index (κ2) is 8.82. The van der Waals surface area contributed by atoms with Crippen LogP contribution in [-0.4, -0.2) is 26.1 Å². The highest BCUT2D eigenvalue weighted by molar-refractivity contribution is 5.85. The number of carbonyl (C=O) groups is 1. The number of piperidine rings is 1. The number of halogens is 1. The summed E-state index contributed by atoms with van der Waals surface area (Å²) >= 11 is 0. The van der Waals surface area contributed by atoms with E-state index >= 15 is 0 Å². The van der Waals surface area contributed by atoms with E-state index in [1.165, 1.54) is 0 Å². The Morgan fingerprint density at radius 1 is 1.35 bits per heavy atom. The van der Waals surface area contributed by atoms with Crippen LogP contribution in [0.1, 0.15) is 24.8 Å². The monoisotopic (exact) mass is 298 g/mol. The number of amides is 1. The Balaban J connectivity index is 0.00000200. The summed E-state index contributed by atoms with van der Waals surface area (Å²) in [6, 6.07) is 7.77. The van der Waals surface area contributed by atoms with Gasteiger partial charge in [-0.2, -0.15) is 0 Å². The van der Waals surface area contributed by atoms with Crippen LogP contribution in [0.4, 0.5) is 0 Å². The molecule has 2 N–H and O–H groups in total. The molecular formula is C15H23ClN2O2. The van der Waals surface area contributed by atoms with Crippen LogP contribution < -0.4 is 15.4 Å². The van der Waals surface area contributed by atoms with E-state index in [-0.39, 0.29) is 18.3 Å². The molecule has 0 aromatic heterocycles.